The molecule has 0 spiro atoms. The molecule has 1 aromatic heterocycles. The van der Waals surface area contributed by atoms with Crippen molar-refractivity contribution >= 4 is 57.1 Å². The van der Waals surface area contributed by atoms with Gasteiger partial charge in [-0.1, -0.05) is 30.2 Å². The van der Waals surface area contributed by atoms with Gasteiger partial charge in [0.2, 0.25) is 0 Å². The van der Waals surface area contributed by atoms with E-state index in [0.29, 0.717) is 36.3 Å². The second-order valence-corrected chi connectivity index (χ2v) is 10.4. The highest BCUT2D eigenvalue weighted by molar-refractivity contribution is 7.19. The summed E-state index contributed by atoms with van der Waals surface area (Å²) in [4.78, 5) is 15.5. The number of aryl methyl sites for hydroxylation is 1. The van der Waals surface area contributed by atoms with Gasteiger partial charge in [-0.05, 0) is 49.6 Å². The summed E-state index contributed by atoms with van der Waals surface area (Å²) >= 11 is 7.85. The topological polar surface area (TPSA) is 61.8 Å². The molecule has 1 saturated carbocycles. The number of aromatic carboxylic acids is 1. The van der Waals surface area contributed by atoms with Crippen LogP contribution in [-0.4, -0.2) is 49.5 Å². The molecule has 0 amide bonds. The average Bonchev–Trinajstić information content (AvgIpc) is 3.07. The standard InChI is InChI=1S/C25H27ClN2O3S.ClH/c1-15-24(20-7-6-17(26)12-23(20)32-15)16-5-8-22(21(11-16)25(29)30)28-9-10-31-19(14-28)13-27-18-3-2-4-18;/h5-8,11-12,18-19,27H,2-4,9-10,13-14H2,1H3,(H,29,30);1H/t19-;/m0./s1. The summed E-state index contributed by atoms with van der Waals surface area (Å²) in [5.41, 5.74) is 3.11. The third-order valence-corrected chi connectivity index (χ3v) is 7.87. The molecule has 176 valence electrons. The third-order valence-electron chi connectivity index (χ3n) is 6.56. The fraction of sp³-hybridized carbons (Fsp3) is 0.400. The van der Waals surface area contributed by atoms with Gasteiger partial charge in [0.25, 0.3) is 0 Å². The van der Waals surface area contributed by atoms with Gasteiger partial charge in [-0.25, -0.2) is 4.79 Å². The molecule has 33 heavy (non-hydrogen) atoms. The van der Waals surface area contributed by atoms with Gasteiger partial charge >= 0.3 is 5.97 Å². The van der Waals surface area contributed by atoms with Crippen LogP contribution in [0.25, 0.3) is 21.2 Å². The van der Waals surface area contributed by atoms with Crippen molar-refractivity contribution in [2.75, 3.05) is 31.1 Å². The van der Waals surface area contributed by atoms with Crippen LogP contribution in [-0.2, 0) is 4.74 Å². The fourth-order valence-electron chi connectivity index (χ4n) is 4.66. The number of ether oxygens (including phenoxy) is 1. The molecule has 0 bridgehead atoms. The van der Waals surface area contributed by atoms with E-state index in [2.05, 4.69) is 17.1 Å². The number of fused-ring (bicyclic) bond motifs is 1. The van der Waals surface area contributed by atoms with E-state index < -0.39 is 5.97 Å². The molecule has 2 aromatic carbocycles. The average molecular weight is 507 g/mol. The molecule has 0 unspecified atom stereocenters. The first-order chi connectivity index (χ1) is 15.5. The Hall–Kier alpha value is -1.83. The highest BCUT2D eigenvalue weighted by atomic mass is 35.5. The number of carboxylic acids is 1. The van der Waals surface area contributed by atoms with E-state index in [9.17, 15) is 9.90 Å². The number of thiophene rings is 1. The van der Waals surface area contributed by atoms with E-state index in [0.717, 1.165) is 38.3 Å². The van der Waals surface area contributed by atoms with Crippen molar-refractivity contribution < 1.29 is 14.6 Å². The largest absolute Gasteiger partial charge is 0.478 e. The minimum absolute atomic E-state index is 0. The molecular formula is C25H28Cl2N2O3S. The molecule has 2 heterocycles. The maximum absolute atomic E-state index is 12.2. The number of nitrogens with one attached hydrogen (secondary N) is 1. The molecule has 2 fully saturated rings. The number of hydrogen-bond donors (Lipinski definition) is 2. The Bertz CT molecular complexity index is 1160. The molecule has 1 saturated heterocycles. The van der Waals surface area contributed by atoms with Gasteiger partial charge in [-0.15, -0.1) is 23.7 Å². The Morgan fingerprint density at radius 3 is 2.82 bits per heavy atom. The smallest absolute Gasteiger partial charge is 0.337 e. The van der Waals surface area contributed by atoms with Crippen LogP contribution in [0.2, 0.25) is 5.02 Å². The van der Waals surface area contributed by atoms with Crippen molar-refractivity contribution in [3.05, 3.63) is 51.9 Å². The zero-order valence-corrected chi connectivity index (χ0v) is 20.9. The monoisotopic (exact) mass is 506 g/mol. The zero-order valence-electron chi connectivity index (χ0n) is 18.5. The minimum Gasteiger partial charge on any atom is -0.478 e. The van der Waals surface area contributed by atoms with Gasteiger partial charge in [-0.3, -0.25) is 0 Å². The van der Waals surface area contributed by atoms with Crippen LogP contribution in [0.3, 0.4) is 0 Å². The molecule has 2 N–H and O–H groups in total. The number of morpholine rings is 1. The van der Waals surface area contributed by atoms with E-state index in [-0.39, 0.29) is 18.5 Å². The first kappa shape index (κ1) is 24.3. The van der Waals surface area contributed by atoms with Crippen molar-refractivity contribution in [3.8, 4) is 11.1 Å². The Balaban J connectivity index is 0.00000259. The summed E-state index contributed by atoms with van der Waals surface area (Å²) in [7, 11) is 0. The number of nitrogens with zero attached hydrogens (tertiary/aromatic N) is 1. The van der Waals surface area contributed by atoms with Gasteiger partial charge < -0.3 is 20.1 Å². The molecule has 1 atom stereocenters. The van der Waals surface area contributed by atoms with Crippen molar-refractivity contribution in [1.82, 2.24) is 5.32 Å². The molecule has 3 aromatic rings. The molecule has 5 rings (SSSR count). The molecule has 1 aliphatic heterocycles. The highest BCUT2D eigenvalue weighted by Crippen LogP contribution is 2.40. The lowest BCUT2D eigenvalue weighted by Crippen LogP contribution is -2.49. The third kappa shape index (κ3) is 5.00. The van der Waals surface area contributed by atoms with Crippen LogP contribution >= 0.6 is 35.3 Å². The fourth-order valence-corrected chi connectivity index (χ4v) is 6.02. The SMILES string of the molecule is Cc1sc2cc(Cl)ccc2c1-c1ccc(N2CCO[C@@H](CNC3CCC3)C2)c(C(=O)O)c1.Cl. The van der Waals surface area contributed by atoms with Crippen LogP contribution in [0.4, 0.5) is 5.69 Å². The minimum atomic E-state index is -0.905. The van der Waals surface area contributed by atoms with Gasteiger partial charge in [0.05, 0.1) is 24.0 Å². The number of carboxylic acid groups (broad SMARTS) is 1. The maximum Gasteiger partial charge on any atom is 0.337 e. The first-order valence-electron chi connectivity index (χ1n) is 11.2. The maximum atomic E-state index is 12.2. The first-order valence-corrected chi connectivity index (χ1v) is 12.4. The number of carbonyl (C=O) groups is 1. The summed E-state index contributed by atoms with van der Waals surface area (Å²) in [6.45, 7) is 4.87. The second-order valence-electron chi connectivity index (χ2n) is 8.69. The Kier molecular flexibility index (Phi) is 7.51. The van der Waals surface area contributed by atoms with Crippen molar-refractivity contribution in [2.45, 2.75) is 38.3 Å². The summed E-state index contributed by atoms with van der Waals surface area (Å²) in [6.07, 6.45) is 3.85. The van der Waals surface area contributed by atoms with E-state index >= 15 is 0 Å². The Morgan fingerprint density at radius 1 is 1.27 bits per heavy atom. The van der Waals surface area contributed by atoms with E-state index in [4.69, 9.17) is 16.3 Å². The lowest BCUT2D eigenvalue weighted by molar-refractivity contribution is 0.0370. The summed E-state index contributed by atoms with van der Waals surface area (Å²) in [5.74, 6) is -0.905. The number of rotatable bonds is 6. The lowest BCUT2D eigenvalue weighted by Gasteiger charge is -2.37. The number of benzene rings is 2. The quantitative estimate of drug-likeness (QED) is 0.429. The van der Waals surface area contributed by atoms with Crippen LogP contribution in [0, 0.1) is 6.92 Å². The Labute approximate surface area is 209 Å². The van der Waals surface area contributed by atoms with Crippen LogP contribution < -0.4 is 10.2 Å². The van der Waals surface area contributed by atoms with Crippen molar-refractivity contribution in [2.24, 2.45) is 0 Å². The van der Waals surface area contributed by atoms with Crippen molar-refractivity contribution in [3.63, 3.8) is 0 Å². The molecular weight excluding hydrogens is 479 g/mol. The predicted molar refractivity (Wildman–Crippen MR) is 139 cm³/mol. The summed E-state index contributed by atoms with van der Waals surface area (Å²) < 4.78 is 7.06. The predicted octanol–water partition coefficient (Wildman–Crippen LogP) is 6.00. The van der Waals surface area contributed by atoms with E-state index in [1.165, 1.54) is 19.3 Å². The zero-order chi connectivity index (χ0) is 22.2. The number of halogens is 2. The second kappa shape index (κ2) is 10.2. The van der Waals surface area contributed by atoms with E-state index in [1.807, 2.05) is 36.4 Å². The normalized spacial score (nSPS) is 18.7. The van der Waals surface area contributed by atoms with Gasteiger partial charge in [0.15, 0.2) is 0 Å². The van der Waals surface area contributed by atoms with Gasteiger partial charge in [0.1, 0.15) is 0 Å². The van der Waals surface area contributed by atoms with E-state index in [1.54, 1.807) is 11.3 Å². The van der Waals surface area contributed by atoms with Crippen LogP contribution in [0.1, 0.15) is 34.5 Å². The van der Waals surface area contributed by atoms with Gasteiger partial charge in [0, 0.05) is 51.2 Å². The van der Waals surface area contributed by atoms with Gasteiger partial charge in [-0.2, -0.15) is 0 Å². The highest BCUT2D eigenvalue weighted by Gasteiger charge is 2.26. The number of hydrogen-bond acceptors (Lipinski definition) is 5. The van der Waals surface area contributed by atoms with Crippen molar-refractivity contribution in [1.29, 1.82) is 0 Å². The lowest BCUT2D eigenvalue weighted by atomic mass is 9.93. The summed E-state index contributed by atoms with van der Waals surface area (Å²) in [6, 6.07) is 12.3. The molecule has 1 aliphatic carbocycles. The molecule has 2 aliphatic rings. The molecule has 8 heteroatoms. The Morgan fingerprint density at radius 2 is 2.09 bits per heavy atom. The number of anilines is 1. The summed E-state index contributed by atoms with van der Waals surface area (Å²) in [5, 5.41) is 15.4. The van der Waals surface area contributed by atoms with Crippen LogP contribution in [0.15, 0.2) is 36.4 Å². The van der Waals surface area contributed by atoms with Crippen LogP contribution in [0.5, 0.6) is 0 Å². The molecule has 5 nitrogen and oxygen atoms in total. The molecule has 0 radical (unpaired) electrons.